The van der Waals surface area contributed by atoms with Gasteiger partial charge in [0.1, 0.15) is 5.82 Å². The molecule has 1 saturated heterocycles. The fourth-order valence-corrected chi connectivity index (χ4v) is 5.23. The van der Waals surface area contributed by atoms with E-state index in [-0.39, 0.29) is 11.3 Å². The summed E-state index contributed by atoms with van der Waals surface area (Å²) >= 11 is 0. The number of rotatable bonds is 10. The Hall–Kier alpha value is -4.26. The number of hydrogen-bond acceptors (Lipinski definition) is 5. The van der Waals surface area contributed by atoms with Crippen LogP contribution in [-0.2, 0) is 17.6 Å². The smallest absolute Gasteiger partial charge is 0.257 e. The molecule has 0 aliphatic carbocycles. The Balaban J connectivity index is 0.00000103. The predicted molar refractivity (Wildman–Crippen MR) is 160 cm³/mol. The Kier molecular flexibility index (Phi) is 11.2. The van der Waals surface area contributed by atoms with Crippen molar-refractivity contribution in [2.45, 2.75) is 32.6 Å². The lowest BCUT2D eigenvalue weighted by molar-refractivity contribution is -0.109. The quantitative estimate of drug-likeness (QED) is 0.346. The molecule has 3 aromatic rings. The predicted octanol–water partition coefficient (Wildman–Crippen LogP) is 5.14. The van der Waals surface area contributed by atoms with E-state index < -0.39 is 0 Å². The molecule has 1 aliphatic heterocycles. The van der Waals surface area contributed by atoms with Crippen molar-refractivity contribution in [2.24, 2.45) is 5.41 Å². The normalized spacial score (nSPS) is 13.8. The molecule has 0 atom stereocenters. The summed E-state index contributed by atoms with van der Waals surface area (Å²) in [6.07, 6.45) is 4.77. The number of hydrogen-bond donors (Lipinski definition) is 2. The third-order valence-electron chi connectivity index (χ3n) is 7.40. The summed E-state index contributed by atoms with van der Waals surface area (Å²) in [5.74, 6) is 1.59. The molecule has 1 fully saturated rings. The molecule has 1 aliphatic rings. The summed E-state index contributed by atoms with van der Waals surface area (Å²) in [7, 11) is 4.72. The first-order valence-corrected chi connectivity index (χ1v) is 13.5. The Bertz CT molecular complexity index is 1210. The first-order chi connectivity index (χ1) is 19.3. The van der Waals surface area contributed by atoms with E-state index in [0.717, 1.165) is 44.3 Å². The Labute approximate surface area is 238 Å². The second-order valence-corrected chi connectivity index (χ2v) is 10.1. The number of ether oxygens (including phenoxy) is 2. The number of piperidine rings is 1. The van der Waals surface area contributed by atoms with E-state index in [1.165, 1.54) is 11.1 Å². The average Bonchev–Trinajstić information content (AvgIpc) is 2.98. The molecule has 7 nitrogen and oxygen atoms in total. The number of carbonyl (C=O) groups excluding carboxylic acids is 2. The molecule has 40 heavy (non-hydrogen) atoms. The molecule has 0 radical (unpaired) electrons. The Morgan fingerprint density at radius 3 is 1.85 bits per heavy atom. The summed E-state index contributed by atoms with van der Waals surface area (Å²) in [6, 6.07) is 25.1. The number of likely N-dealkylation sites (tertiary alicyclic amines) is 1. The van der Waals surface area contributed by atoms with Crippen LogP contribution in [0.5, 0.6) is 11.5 Å². The van der Waals surface area contributed by atoms with Gasteiger partial charge in [0.05, 0.1) is 14.2 Å². The van der Waals surface area contributed by atoms with Crippen LogP contribution in [0.2, 0.25) is 0 Å². The van der Waals surface area contributed by atoms with Gasteiger partial charge in [-0.2, -0.15) is 0 Å². The maximum Gasteiger partial charge on any atom is 0.257 e. The number of carbonyl (C=O) groups is 2. The van der Waals surface area contributed by atoms with Gasteiger partial charge in [0.25, 0.3) is 5.91 Å². The van der Waals surface area contributed by atoms with Gasteiger partial charge in [-0.3, -0.25) is 9.59 Å². The highest BCUT2D eigenvalue weighted by Gasteiger charge is 2.35. The van der Waals surface area contributed by atoms with Crippen LogP contribution in [0.25, 0.3) is 0 Å². The lowest BCUT2D eigenvalue weighted by atomic mass is 9.70. The highest BCUT2D eigenvalue weighted by Crippen LogP contribution is 2.39. The zero-order chi connectivity index (χ0) is 29.0. The van der Waals surface area contributed by atoms with Crippen molar-refractivity contribution in [2.75, 3.05) is 34.4 Å². The minimum Gasteiger partial charge on any atom is -0.493 e. The van der Waals surface area contributed by atoms with Crippen LogP contribution in [0.3, 0.4) is 0 Å². The average molecular weight is 544 g/mol. The zero-order valence-corrected chi connectivity index (χ0v) is 24.0. The maximum atomic E-state index is 13.1. The fourth-order valence-electron chi connectivity index (χ4n) is 5.23. The Morgan fingerprint density at radius 2 is 1.40 bits per heavy atom. The molecule has 3 aromatic carbocycles. The summed E-state index contributed by atoms with van der Waals surface area (Å²) in [5.41, 5.74) is 4.29. The van der Waals surface area contributed by atoms with Crippen LogP contribution in [0.4, 0.5) is 0 Å². The van der Waals surface area contributed by atoms with Gasteiger partial charge in [0.2, 0.25) is 6.41 Å². The number of methoxy groups -OCH3 is 2. The number of nitrogens with one attached hydrogen (secondary N) is 2. The highest BCUT2D eigenvalue weighted by atomic mass is 16.5. The van der Waals surface area contributed by atoms with Gasteiger partial charge in [-0.15, -0.1) is 0 Å². The number of amides is 2. The van der Waals surface area contributed by atoms with E-state index in [0.29, 0.717) is 29.3 Å². The van der Waals surface area contributed by atoms with E-state index in [1.807, 2.05) is 13.0 Å². The zero-order valence-electron chi connectivity index (χ0n) is 24.0. The molecular formula is C33H41N3O4. The van der Waals surface area contributed by atoms with Crippen LogP contribution < -0.4 is 20.1 Å². The van der Waals surface area contributed by atoms with Crippen molar-refractivity contribution in [1.82, 2.24) is 15.5 Å². The van der Waals surface area contributed by atoms with Crippen molar-refractivity contribution < 1.29 is 19.1 Å². The molecule has 0 aromatic heterocycles. The summed E-state index contributed by atoms with van der Waals surface area (Å²) in [5, 5.41) is 5.27. The fraction of sp³-hybridized carbons (Fsp3) is 0.333. The third kappa shape index (κ3) is 8.12. The number of aryl methyl sites for hydroxylation is 1. The van der Waals surface area contributed by atoms with E-state index in [1.54, 1.807) is 27.3 Å². The molecule has 0 bridgehead atoms. The van der Waals surface area contributed by atoms with Gasteiger partial charge in [-0.1, -0.05) is 67.2 Å². The lowest BCUT2D eigenvalue weighted by Crippen LogP contribution is -2.45. The Morgan fingerprint density at radius 1 is 0.925 bits per heavy atom. The highest BCUT2D eigenvalue weighted by molar-refractivity contribution is 5.97. The molecule has 2 amide bonds. The van der Waals surface area contributed by atoms with E-state index in [9.17, 15) is 4.79 Å². The van der Waals surface area contributed by atoms with Gasteiger partial charge in [-0.05, 0) is 66.8 Å². The first kappa shape index (κ1) is 30.3. The topological polar surface area (TPSA) is 79.9 Å². The summed E-state index contributed by atoms with van der Waals surface area (Å²) < 4.78 is 10.7. The maximum absolute atomic E-state index is 13.1. The number of benzene rings is 3. The van der Waals surface area contributed by atoms with Crippen LogP contribution in [-0.4, -0.2) is 51.6 Å². The molecule has 7 heteroatoms. The molecule has 0 spiro atoms. The van der Waals surface area contributed by atoms with Crippen LogP contribution in [0, 0.1) is 12.3 Å². The van der Waals surface area contributed by atoms with Crippen LogP contribution >= 0.6 is 0 Å². The van der Waals surface area contributed by atoms with Crippen molar-refractivity contribution >= 4 is 12.3 Å². The van der Waals surface area contributed by atoms with Gasteiger partial charge >= 0.3 is 0 Å². The van der Waals surface area contributed by atoms with E-state index in [4.69, 9.17) is 14.3 Å². The number of nitrogens with zero attached hydrogens (tertiary/aromatic N) is 1. The first-order valence-electron chi connectivity index (χ1n) is 13.5. The van der Waals surface area contributed by atoms with Gasteiger partial charge in [0.15, 0.2) is 11.5 Å². The minimum atomic E-state index is -0.191. The largest absolute Gasteiger partial charge is 0.493 e. The van der Waals surface area contributed by atoms with Crippen molar-refractivity contribution in [1.29, 1.82) is 0 Å². The summed E-state index contributed by atoms with van der Waals surface area (Å²) in [4.78, 5) is 24.4. The van der Waals surface area contributed by atoms with Gasteiger partial charge in [-0.25, -0.2) is 0 Å². The van der Waals surface area contributed by atoms with E-state index in [2.05, 4.69) is 82.8 Å². The second-order valence-electron chi connectivity index (χ2n) is 10.1. The van der Waals surface area contributed by atoms with E-state index >= 15 is 0 Å². The molecular weight excluding hydrogens is 502 g/mol. The van der Waals surface area contributed by atoms with Crippen molar-refractivity contribution in [3.63, 3.8) is 0 Å². The molecule has 0 saturated carbocycles. The molecule has 1 heterocycles. The molecule has 2 N–H and O–H groups in total. The lowest BCUT2D eigenvalue weighted by Gasteiger charge is -2.43. The van der Waals surface area contributed by atoms with Gasteiger partial charge in [0, 0.05) is 25.7 Å². The summed E-state index contributed by atoms with van der Waals surface area (Å²) in [6.45, 7) is 7.80. The second kappa shape index (κ2) is 14.8. The SMILES string of the molecule is C=C(NC(=O)c1cc(OC)c(OC)cc1C)N1CCC(Cc2ccccc2)(Cc2ccccc2)CC1.CNC=O. The van der Waals surface area contributed by atoms with Crippen LogP contribution in [0.1, 0.15) is 39.9 Å². The monoisotopic (exact) mass is 543 g/mol. The van der Waals surface area contributed by atoms with Gasteiger partial charge < -0.3 is 25.0 Å². The standard InChI is InChI=1S/C31H36N2O3.C2H5NO/c1-23-19-28(35-3)29(36-4)20-27(23)30(34)32-24(2)33-17-15-31(16-18-33,21-25-11-7-5-8-12-25)22-26-13-9-6-10-14-26;1-3-2-4/h5-14,19-20H,2,15-18,21-22H2,1,3-4H3,(H,32,34);2H,1H3,(H,3,4). The van der Waals surface area contributed by atoms with Crippen molar-refractivity contribution in [3.8, 4) is 11.5 Å². The molecule has 4 rings (SSSR count). The van der Waals surface area contributed by atoms with Crippen molar-refractivity contribution in [3.05, 3.63) is 107 Å². The molecule has 0 unspecified atom stereocenters. The third-order valence-corrected chi connectivity index (χ3v) is 7.40. The van der Waals surface area contributed by atoms with Crippen LogP contribution in [0.15, 0.2) is 85.2 Å². The minimum absolute atomic E-state index is 0.170. The molecule has 212 valence electrons.